The number of aliphatic carboxylic acids is 1. The Morgan fingerprint density at radius 2 is 2.37 bits per heavy atom. The highest BCUT2D eigenvalue weighted by molar-refractivity contribution is 7.99. The third-order valence-corrected chi connectivity index (χ3v) is 3.26. The van der Waals surface area contributed by atoms with E-state index in [0.29, 0.717) is 11.0 Å². The minimum Gasteiger partial charge on any atom is -0.481 e. The van der Waals surface area contributed by atoms with Gasteiger partial charge >= 0.3 is 5.97 Å². The number of aromatic nitrogens is 4. The monoisotopic (exact) mass is 283 g/mol. The summed E-state index contributed by atoms with van der Waals surface area (Å²) in [5.41, 5.74) is 5.69. The minimum absolute atomic E-state index is 0.107. The fourth-order valence-electron chi connectivity index (χ4n) is 1.40. The normalized spacial score (nSPS) is 10.8. The predicted octanol–water partition coefficient (Wildman–Crippen LogP) is 0.636. The Bertz CT molecular complexity index is 579. The average molecular weight is 283 g/mol. The molecule has 2 aromatic rings. The molecule has 2 heterocycles. The highest BCUT2D eigenvalue weighted by Gasteiger charge is 2.14. The second kappa shape index (κ2) is 5.74. The van der Waals surface area contributed by atoms with Crippen LogP contribution in [-0.4, -0.2) is 36.6 Å². The van der Waals surface area contributed by atoms with Crippen LogP contribution in [0.4, 0.5) is 5.95 Å². The Labute approximate surface area is 113 Å². The van der Waals surface area contributed by atoms with E-state index >= 15 is 0 Å². The summed E-state index contributed by atoms with van der Waals surface area (Å²) in [5, 5.41) is 16.6. The van der Waals surface area contributed by atoms with E-state index < -0.39 is 5.97 Å². The van der Waals surface area contributed by atoms with Crippen LogP contribution in [0.15, 0.2) is 15.8 Å². The smallest absolute Gasteiger partial charge is 0.313 e. The summed E-state index contributed by atoms with van der Waals surface area (Å²) in [5.74, 6) is 0.428. The van der Waals surface area contributed by atoms with Crippen molar-refractivity contribution in [3.05, 3.63) is 17.8 Å². The molecule has 0 radical (unpaired) electrons. The molecule has 0 atom stereocenters. The number of nitrogen functional groups attached to an aromatic ring is 1. The number of aryl methyl sites for hydroxylation is 1. The number of carbonyl (C=O) groups is 1. The van der Waals surface area contributed by atoms with Gasteiger partial charge < -0.3 is 15.3 Å². The number of carboxylic acid groups (broad SMARTS) is 1. The highest BCUT2D eigenvalue weighted by Crippen LogP contribution is 2.19. The van der Waals surface area contributed by atoms with Crippen molar-refractivity contribution in [1.82, 2.24) is 19.7 Å². The fraction of sp³-hybridized carbons (Fsp3) is 0.400. The molecular formula is C10H13N5O3S. The first-order valence-corrected chi connectivity index (χ1v) is 6.55. The van der Waals surface area contributed by atoms with Crippen LogP contribution in [0, 0.1) is 0 Å². The van der Waals surface area contributed by atoms with Crippen LogP contribution < -0.4 is 5.73 Å². The van der Waals surface area contributed by atoms with Gasteiger partial charge in [-0.1, -0.05) is 18.7 Å². The van der Waals surface area contributed by atoms with Crippen LogP contribution in [0.3, 0.4) is 0 Å². The lowest BCUT2D eigenvalue weighted by molar-refractivity contribution is -0.133. The molecule has 0 aliphatic carbocycles. The van der Waals surface area contributed by atoms with Crippen LogP contribution in [-0.2, 0) is 17.8 Å². The number of nitrogens with two attached hydrogens (primary N) is 1. The summed E-state index contributed by atoms with van der Waals surface area (Å²) in [4.78, 5) is 14.7. The molecule has 0 unspecified atom stereocenters. The van der Waals surface area contributed by atoms with E-state index in [-0.39, 0.29) is 18.2 Å². The molecule has 19 heavy (non-hydrogen) atoms. The van der Waals surface area contributed by atoms with Gasteiger partial charge in [0.25, 0.3) is 0 Å². The molecule has 0 fully saturated rings. The fourth-order valence-corrected chi connectivity index (χ4v) is 2.07. The van der Waals surface area contributed by atoms with Gasteiger partial charge in [-0.2, -0.15) is 0 Å². The zero-order chi connectivity index (χ0) is 13.8. The molecule has 0 aromatic carbocycles. The molecule has 2 rings (SSSR count). The first-order chi connectivity index (χ1) is 9.10. The molecule has 102 valence electrons. The van der Waals surface area contributed by atoms with E-state index in [1.54, 1.807) is 10.8 Å². The van der Waals surface area contributed by atoms with Crippen LogP contribution in [0.1, 0.15) is 18.6 Å². The van der Waals surface area contributed by atoms with Gasteiger partial charge in [-0.3, -0.25) is 9.36 Å². The van der Waals surface area contributed by atoms with Crippen molar-refractivity contribution in [2.75, 3.05) is 11.5 Å². The Kier molecular flexibility index (Phi) is 4.05. The number of rotatable bonds is 6. The Balaban J connectivity index is 2.14. The molecule has 0 saturated carbocycles. The van der Waals surface area contributed by atoms with Crippen molar-refractivity contribution in [2.45, 2.75) is 25.0 Å². The van der Waals surface area contributed by atoms with Gasteiger partial charge in [0.05, 0.1) is 11.9 Å². The van der Waals surface area contributed by atoms with Gasteiger partial charge in [0.15, 0.2) is 5.16 Å². The molecule has 0 spiro atoms. The van der Waals surface area contributed by atoms with Crippen LogP contribution >= 0.6 is 11.8 Å². The van der Waals surface area contributed by atoms with Crippen molar-refractivity contribution in [3.63, 3.8) is 0 Å². The third-order valence-electron chi connectivity index (χ3n) is 2.31. The Hall–Kier alpha value is -2.03. The van der Waals surface area contributed by atoms with Gasteiger partial charge in [0, 0.05) is 6.42 Å². The average Bonchev–Trinajstić information content (AvgIpc) is 2.96. The lowest BCUT2D eigenvalue weighted by Gasteiger charge is -2.04. The zero-order valence-corrected chi connectivity index (χ0v) is 11.1. The lowest BCUT2D eigenvalue weighted by Crippen LogP contribution is -2.07. The quantitative estimate of drug-likeness (QED) is 0.741. The largest absolute Gasteiger partial charge is 0.481 e. The molecule has 0 bridgehead atoms. The van der Waals surface area contributed by atoms with E-state index in [4.69, 9.17) is 15.3 Å². The number of hydrogen-bond acceptors (Lipinski definition) is 7. The van der Waals surface area contributed by atoms with Crippen molar-refractivity contribution in [3.8, 4) is 0 Å². The number of thioether (sulfide) groups is 1. The van der Waals surface area contributed by atoms with Crippen molar-refractivity contribution < 1.29 is 14.3 Å². The number of oxazole rings is 1. The maximum Gasteiger partial charge on any atom is 0.313 e. The zero-order valence-electron chi connectivity index (χ0n) is 10.2. The molecule has 0 saturated heterocycles. The minimum atomic E-state index is -0.928. The Morgan fingerprint density at radius 3 is 3.00 bits per heavy atom. The van der Waals surface area contributed by atoms with Crippen LogP contribution in [0.25, 0.3) is 0 Å². The summed E-state index contributed by atoms with van der Waals surface area (Å²) in [6.07, 6.45) is 2.41. The number of nitrogens with zero attached hydrogens (tertiary/aromatic N) is 4. The summed E-state index contributed by atoms with van der Waals surface area (Å²) in [6.45, 7) is 2.24. The summed E-state index contributed by atoms with van der Waals surface area (Å²) >= 11 is 1.05. The lowest BCUT2D eigenvalue weighted by atomic mass is 10.4. The van der Waals surface area contributed by atoms with E-state index in [1.165, 1.54) is 0 Å². The van der Waals surface area contributed by atoms with Gasteiger partial charge in [0.2, 0.25) is 11.8 Å². The Morgan fingerprint density at radius 1 is 1.58 bits per heavy atom. The molecule has 3 N–H and O–H groups in total. The maximum absolute atomic E-state index is 10.6. The third kappa shape index (κ3) is 3.25. The molecule has 0 amide bonds. The highest BCUT2D eigenvalue weighted by atomic mass is 32.2. The van der Waals surface area contributed by atoms with Crippen molar-refractivity contribution in [2.24, 2.45) is 0 Å². The van der Waals surface area contributed by atoms with Crippen molar-refractivity contribution in [1.29, 1.82) is 0 Å². The SMILES string of the molecule is CCc1cnc(Cn2c(N)nnc2SCC(=O)O)o1. The van der Waals surface area contributed by atoms with E-state index in [1.807, 2.05) is 6.92 Å². The van der Waals surface area contributed by atoms with Gasteiger partial charge in [-0.15, -0.1) is 10.2 Å². The van der Waals surface area contributed by atoms with Gasteiger partial charge in [-0.05, 0) is 0 Å². The molecule has 9 heteroatoms. The van der Waals surface area contributed by atoms with E-state index in [9.17, 15) is 4.79 Å². The summed E-state index contributed by atoms with van der Waals surface area (Å²) in [6, 6.07) is 0. The molecule has 0 aliphatic heterocycles. The summed E-state index contributed by atoms with van der Waals surface area (Å²) in [7, 11) is 0. The van der Waals surface area contributed by atoms with Gasteiger partial charge in [-0.25, -0.2) is 4.98 Å². The number of hydrogen-bond donors (Lipinski definition) is 2. The first-order valence-electron chi connectivity index (χ1n) is 5.57. The van der Waals surface area contributed by atoms with Crippen molar-refractivity contribution >= 4 is 23.7 Å². The summed E-state index contributed by atoms with van der Waals surface area (Å²) < 4.78 is 7.04. The van der Waals surface area contributed by atoms with Crippen LogP contribution in [0.2, 0.25) is 0 Å². The molecule has 0 aliphatic rings. The molecule has 8 nitrogen and oxygen atoms in total. The van der Waals surface area contributed by atoms with Crippen LogP contribution in [0.5, 0.6) is 0 Å². The van der Waals surface area contributed by atoms with Gasteiger partial charge in [0.1, 0.15) is 12.3 Å². The predicted molar refractivity (Wildman–Crippen MR) is 67.8 cm³/mol. The second-order valence-corrected chi connectivity index (χ2v) is 4.63. The maximum atomic E-state index is 10.6. The second-order valence-electron chi connectivity index (χ2n) is 3.68. The molecule has 2 aromatic heterocycles. The van der Waals surface area contributed by atoms with E-state index in [2.05, 4.69) is 15.2 Å². The molecular weight excluding hydrogens is 270 g/mol. The first kappa shape index (κ1) is 13.4. The topological polar surface area (TPSA) is 120 Å². The number of anilines is 1. The van der Waals surface area contributed by atoms with E-state index in [0.717, 1.165) is 23.9 Å². The number of carboxylic acids is 1. The standard InChI is InChI=1S/C10H13N5O3S/c1-2-6-3-12-7(18-6)4-15-9(11)13-14-10(15)19-5-8(16)17/h3H,2,4-5H2,1H3,(H2,11,13)(H,16,17).